The molecule has 0 aliphatic rings. The van der Waals surface area contributed by atoms with Gasteiger partial charge in [-0.05, 0) is 43.4 Å². The van der Waals surface area contributed by atoms with Crippen LogP contribution in [0.3, 0.4) is 0 Å². The molecule has 0 aliphatic carbocycles. The van der Waals surface area contributed by atoms with Gasteiger partial charge in [-0.15, -0.1) is 0 Å². The summed E-state index contributed by atoms with van der Waals surface area (Å²) in [7, 11) is 0. The van der Waals surface area contributed by atoms with Crippen LogP contribution in [-0.2, 0) is 0 Å². The molecule has 0 atom stereocenters. The Bertz CT molecular complexity index is 355. The molecule has 0 aliphatic heterocycles. The predicted octanol–water partition coefficient (Wildman–Crippen LogP) is 2.41. The Morgan fingerprint density at radius 2 is 2.00 bits per heavy atom. The number of hydrogen-bond acceptors (Lipinski definition) is 1. The number of hydrogen-bond donors (Lipinski definition) is 2. The summed E-state index contributed by atoms with van der Waals surface area (Å²) in [5.74, 6) is 0.427. The van der Waals surface area contributed by atoms with Gasteiger partial charge in [0.05, 0.1) is 5.84 Å². The molecule has 14 heavy (non-hydrogen) atoms. The SMILES string of the molecule is C/C(N)=N/C(=S)Nc1ccc(Cl)cc1. The van der Waals surface area contributed by atoms with Gasteiger partial charge in [0.15, 0.2) is 5.11 Å². The first-order valence-corrected chi connectivity index (χ1v) is 4.74. The highest BCUT2D eigenvalue weighted by Crippen LogP contribution is 2.13. The van der Waals surface area contributed by atoms with Crippen molar-refractivity contribution in [2.75, 3.05) is 5.32 Å². The molecule has 1 aromatic rings. The number of nitrogens with zero attached hydrogens (tertiary/aromatic N) is 1. The van der Waals surface area contributed by atoms with Crippen molar-refractivity contribution in [1.82, 2.24) is 0 Å². The first-order chi connectivity index (χ1) is 6.58. The van der Waals surface area contributed by atoms with Crippen molar-refractivity contribution in [3.8, 4) is 0 Å². The van der Waals surface area contributed by atoms with Crippen LogP contribution in [0.1, 0.15) is 6.92 Å². The maximum absolute atomic E-state index is 5.72. The second-order valence-corrected chi connectivity index (χ2v) is 3.51. The van der Waals surface area contributed by atoms with Crippen LogP contribution in [-0.4, -0.2) is 10.9 Å². The van der Waals surface area contributed by atoms with Gasteiger partial charge >= 0.3 is 0 Å². The zero-order chi connectivity index (χ0) is 10.6. The average molecular weight is 228 g/mol. The van der Waals surface area contributed by atoms with E-state index in [1.54, 1.807) is 19.1 Å². The fraction of sp³-hybridized carbons (Fsp3) is 0.111. The third kappa shape index (κ3) is 3.72. The molecule has 0 amide bonds. The molecule has 0 fully saturated rings. The first kappa shape index (κ1) is 10.9. The standard InChI is InChI=1S/C9H10ClN3S/c1-6(11)12-9(14)13-8-4-2-7(10)3-5-8/h2-5H,1H3,(H3,11,12,13,14). The second kappa shape index (κ2) is 4.93. The molecule has 1 rings (SSSR count). The number of aliphatic imine (C=N–C) groups is 1. The molecule has 0 spiro atoms. The molecule has 3 N–H and O–H groups in total. The van der Waals surface area contributed by atoms with Crippen molar-refractivity contribution in [3.63, 3.8) is 0 Å². The molecule has 0 bridgehead atoms. The van der Waals surface area contributed by atoms with Crippen LogP contribution in [0.4, 0.5) is 5.69 Å². The minimum atomic E-state index is 0.340. The quantitative estimate of drug-likeness (QED) is 0.440. The summed E-state index contributed by atoms with van der Waals surface area (Å²) in [6.45, 7) is 1.68. The van der Waals surface area contributed by atoms with Gasteiger partial charge < -0.3 is 11.1 Å². The lowest BCUT2D eigenvalue weighted by Crippen LogP contribution is -2.13. The van der Waals surface area contributed by atoms with Crippen molar-refractivity contribution >= 4 is 40.5 Å². The van der Waals surface area contributed by atoms with E-state index in [9.17, 15) is 0 Å². The lowest BCUT2D eigenvalue weighted by molar-refractivity contribution is 1.52. The van der Waals surface area contributed by atoms with E-state index in [2.05, 4.69) is 10.3 Å². The van der Waals surface area contributed by atoms with Gasteiger partial charge in [-0.2, -0.15) is 0 Å². The van der Waals surface area contributed by atoms with Gasteiger partial charge in [0.1, 0.15) is 0 Å². The highest BCUT2D eigenvalue weighted by atomic mass is 35.5. The molecule has 74 valence electrons. The Hall–Kier alpha value is -1.13. The highest BCUT2D eigenvalue weighted by molar-refractivity contribution is 7.80. The molecule has 0 saturated heterocycles. The Balaban J connectivity index is 2.66. The van der Waals surface area contributed by atoms with E-state index in [-0.39, 0.29) is 0 Å². The first-order valence-electron chi connectivity index (χ1n) is 3.95. The summed E-state index contributed by atoms with van der Waals surface area (Å²) in [4.78, 5) is 3.88. The van der Waals surface area contributed by atoms with E-state index >= 15 is 0 Å². The zero-order valence-corrected chi connectivity index (χ0v) is 9.19. The van der Waals surface area contributed by atoms with E-state index in [0.717, 1.165) is 5.69 Å². The van der Waals surface area contributed by atoms with Crippen molar-refractivity contribution in [2.24, 2.45) is 10.7 Å². The molecule has 0 aromatic heterocycles. The van der Waals surface area contributed by atoms with E-state index in [1.807, 2.05) is 12.1 Å². The second-order valence-electron chi connectivity index (χ2n) is 2.69. The Kier molecular flexibility index (Phi) is 3.85. The minimum absolute atomic E-state index is 0.340. The number of benzene rings is 1. The van der Waals surface area contributed by atoms with Gasteiger partial charge in [0, 0.05) is 10.7 Å². The van der Waals surface area contributed by atoms with Gasteiger partial charge in [-0.1, -0.05) is 11.6 Å². The number of thiocarbonyl (C=S) groups is 1. The molecular formula is C9H10ClN3S. The Morgan fingerprint density at radius 3 is 2.50 bits per heavy atom. The average Bonchev–Trinajstić information content (AvgIpc) is 2.07. The van der Waals surface area contributed by atoms with Gasteiger partial charge in [0.2, 0.25) is 0 Å². The van der Waals surface area contributed by atoms with Crippen LogP contribution in [0, 0.1) is 0 Å². The van der Waals surface area contributed by atoms with Crippen molar-refractivity contribution in [2.45, 2.75) is 6.92 Å². The summed E-state index contributed by atoms with van der Waals surface area (Å²) in [5.41, 5.74) is 6.21. The minimum Gasteiger partial charge on any atom is -0.387 e. The van der Waals surface area contributed by atoms with E-state index in [4.69, 9.17) is 29.6 Å². The molecule has 0 saturated carbocycles. The van der Waals surface area contributed by atoms with E-state index in [1.165, 1.54) is 0 Å². The van der Waals surface area contributed by atoms with Crippen molar-refractivity contribution in [3.05, 3.63) is 29.3 Å². The normalized spacial score (nSPS) is 11.1. The number of anilines is 1. The number of halogens is 1. The Morgan fingerprint density at radius 1 is 1.43 bits per heavy atom. The number of rotatable bonds is 1. The molecule has 3 nitrogen and oxygen atoms in total. The molecule has 0 heterocycles. The highest BCUT2D eigenvalue weighted by Gasteiger charge is 1.95. The lowest BCUT2D eigenvalue weighted by atomic mass is 10.3. The van der Waals surface area contributed by atoms with Crippen LogP contribution in [0.5, 0.6) is 0 Å². The summed E-state index contributed by atoms with van der Waals surface area (Å²) in [6.07, 6.45) is 0. The van der Waals surface area contributed by atoms with E-state index < -0.39 is 0 Å². The predicted molar refractivity (Wildman–Crippen MR) is 65.0 cm³/mol. The monoisotopic (exact) mass is 227 g/mol. The van der Waals surface area contributed by atoms with Gasteiger partial charge in [-0.3, -0.25) is 0 Å². The maximum Gasteiger partial charge on any atom is 0.198 e. The number of nitrogens with one attached hydrogen (secondary N) is 1. The van der Waals surface area contributed by atoms with Crippen molar-refractivity contribution in [1.29, 1.82) is 0 Å². The largest absolute Gasteiger partial charge is 0.387 e. The van der Waals surface area contributed by atoms with Crippen molar-refractivity contribution < 1.29 is 0 Å². The summed E-state index contributed by atoms with van der Waals surface area (Å²) in [5, 5.41) is 3.93. The van der Waals surface area contributed by atoms with Crippen LogP contribution in [0.15, 0.2) is 29.3 Å². The topological polar surface area (TPSA) is 50.4 Å². The molecule has 0 radical (unpaired) electrons. The summed E-state index contributed by atoms with van der Waals surface area (Å²) >= 11 is 10.7. The smallest absolute Gasteiger partial charge is 0.198 e. The van der Waals surface area contributed by atoms with Crippen LogP contribution in [0.25, 0.3) is 0 Å². The fourth-order valence-corrected chi connectivity index (χ4v) is 1.23. The Labute approximate surface area is 93.0 Å². The molecular weight excluding hydrogens is 218 g/mol. The summed E-state index contributed by atoms with van der Waals surface area (Å²) < 4.78 is 0. The molecule has 0 unspecified atom stereocenters. The third-order valence-electron chi connectivity index (χ3n) is 1.37. The molecule has 1 aromatic carbocycles. The van der Waals surface area contributed by atoms with Crippen LogP contribution in [0.2, 0.25) is 5.02 Å². The number of amidine groups is 1. The van der Waals surface area contributed by atoms with Crippen LogP contribution < -0.4 is 11.1 Å². The van der Waals surface area contributed by atoms with Crippen LogP contribution >= 0.6 is 23.8 Å². The fourth-order valence-electron chi connectivity index (χ4n) is 0.845. The zero-order valence-electron chi connectivity index (χ0n) is 7.62. The number of nitrogens with two attached hydrogens (primary N) is 1. The molecule has 5 heteroatoms. The van der Waals surface area contributed by atoms with Gasteiger partial charge in [0.25, 0.3) is 0 Å². The summed E-state index contributed by atoms with van der Waals surface area (Å²) in [6, 6.07) is 7.17. The lowest BCUT2D eigenvalue weighted by Gasteiger charge is -2.03. The third-order valence-corrected chi connectivity index (χ3v) is 1.82. The maximum atomic E-state index is 5.72. The van der Waals surface area contributed by atoms with E-state index in [0.29, 0.717) is 16.0 Å². The van der Waals surface area contributed by atoms with Gasteiger partial charge in [-0.25, -0.2) is 4.99 Å².